The molecule has 3 rings (SSSR count). The van der Waals surface area contributed by atoms with Gasteiger partial charge in [0, 0.05) is 12.8 Å². The quantitative estimate of drug-likeness (QED) is 0.125. The van der Waals surface area contributed by atoms with Crippen molar-refractivity contribution in [3.63, 3.8) is 0 Å². The first-order valence-electron chi connectivity index (χ1n) is 12.7. The van der Waals surface area contributed by atoms with E-state index >= 15 is 0 Å². The van der Waals surface area contributed by atoms with E-state index in [2.05, 4.69) is 0 Å². The van der Waals surface area contributed by atoms with Gasteiger partial charge in [-0.3, -0.25) is 9.59 Å². The summed E-state index contributed by atoms with van der Waals surface area (Å²) in [7, 11) is 0. The topological polar surface area (TPSA) is 220 Å². The highest BCUT2D eigenvalue weighted by Crippen LogP contribution is 2.31. The van der Waals surface area contributed by atoms with Crippen LogP contribution >= 0.6 is 0 Å². The van der Waals surface area contributed by atoms with Crippen LogP contribution in [0.2, 0.25) is 0 Å². The number of aliphatic hydroxyl groups excluding tert-OH is 6. The molecule has 3 fully saturated rings. The Hall–Kier alpha value is -1.50. The number of aliphatic hydroxyl groups is 6. The van der Waals surface area contributed by atoms with Crippen molar-refractivity contribution in [2.24, 2.45) is 0 Å². The first-order chi connectivity index (χ1) is 18.1. The lowest BCUT2D eigenvalue weighted by molar-refractivity contribution is -0.228. The van der Waals surface area contributed by atoms with Crippen molar-refractivity contribution >= 4 is 11.9 Å². The molecule has 0 spiro atoms. The van der Waals surface area contributed by atoms with Crippen LogP contribution in [0.1, 0.15) is 39.5 Å². The molecule has 0 aromatic carbocycles. The van der Waals surface area contributed by atoms with Gasteiger partial charge in [-0.2, -0.15) is 0 Å². The Bertz CT molecular complexity index is 767. The number of ether oxygens (including phenoxy) is 7. The van der Waals surface area contributed by atoms with Gasteiger partial charge in [0.05, 0.1) is 6.61 Å². The molecule has 0 unspecified atom stereocenters. The smallest absolute Gasteiger partial charge is 0.305 e. The van der Waals surface area contributed by atoms with Crippen molar-refractivity contribution in [2.75, 3.05) is 19.8 Å². The summed E-state index contributed by atoms with van der Waals surface area (Å²) in [5, 5.41) is 61.4. The molecule has 220 valence electrons. The van der Waals surface area contributed by atoms with Gasteiger partial charge in [0.2, 0.25) is 0 Å². The number of carbonyl (C=O) groups excluding carboxylic acids is 2. The predicted octanol–water partition coefficient (Wildman–Crippen LogP) is -2.95. The highest BCUT2D eigenvalue weighted by molar-refractivity contribution is 5.69. The Labute approximate surface area is 219 Å². The van der Waals surface area contributed by atoms with E-state index in [9.17, 15) is 40.2 Å². The second-order valence-electron chi connectivity index (χ2n) is 9.40. The van der Waals surface area contributed by atoms with Gasteiger partial charge in [-0.05, 0) is 12.8 Å². The molecule has 0 radical (unpaired) electrons. The Balaban J connectivity index is 1.53. The van der Waals surface area contributed by atoms with Gasteiger partial charge in [0.15, 0.2) is 18.9 Å². The summed E-state index contributed by atoms with van der Waals surface area (Å²) in [5.41, 5.74) is 0. The first-order valence-corrected chi connectivity index (χ1v) is 12.7. The summed E-state index contributed by atoms with van der Waals surface area (Å²) in [5.74, 6) is -0.975. The van der Waals surface area contributed by atoms with Crippen LogP contribution in [0.5, 0.6) is 0 Å². The molecular weight excluding hydrogens is 516 g/mol. The summed E-state index contributed by atoms with van der Waals surface area (Å²) < 4.78 is 37.3. The average molecular weight is 555 g/mol. The lowest BCUT2D eigenvalue weighted by Gasteiger charge is -2.26. The zero-order valence-electron chi connectivity index (χ0n) is 21.2. The van der Waals surface area contributed by atoms with Gasteiger partial charge in [-0.15, -0.1) is 0 Å². The minimum Gasteiger partial charge on any atom is -0.463 e. The van der Waals surface area contributed by atoms with Crippen LogP contribution in [-0.2, 0) is 42.7 Å². The fourth-order valence-electron chi connectivity index (χ4n) is 4.22. The maximum absolute atomic E-state index is 11.6. The highest BCUT2D eigenvalue weighted by atomic mass is 16.8. The minimum absolute atomic E-state index is 0.178. The molecule has 3 saturated heterocycles. The number of hydrogen-bond donors (Lipinski definition) is 6. The van der Waals surface area contributed by atoms with Crippen LogP contribution in [0.3, 0.4) is 0 Å². The van der Waals surface area contributed by atoms with E-state index in [1.165, 1.54) is 0 Å². The van der Waals surface area contributed by atoms with E-state index in [1.54, 1.807) is 13.8 Å². The normalized spacial score (nSPS) is 40.9. The molecule has 3 heterocycles. The van der Waals surface area contributed by atoms with E-state index in [1.807, 2.05) is 0 Å². The second kappa shape index (κ2) is 14.2. The number of rotatable bonds is 13. The molecular formula is C23H38O15. The van der Waals surface area contributed by atoms with E-state index in [-0.39, 0.29) is 26.1 Å². The summed E-state index contributed by atoms with van der Waals surface area (Å²) in [6.45, 7) is 2.57. The Morgan fingerprint density at radius 1 is 0.632 bits per heavy atom. The Kier molecular flexibility index (Phi) is 11.6. The summed E-state index contributed by atoms with van der Waals surface area (Å²) in [6.07, 6.45) is -15.1. The molecule has 0 saturated carbocycles. The molecule has 12 atom stereocenters. The van der Waals surface area contributed by atoms with E-state index in [4.69, 9.17) is 33.2 Å². The van der Waals surface area contributed by atoms with Crippen molar-refractivity contribution in [1.82, 2.24) is 0 Å². The molecule has 0 bridgehead atoms. The maximum atomic E-state index is 11.6. The molecule has 15 heteroatoms. The summed E-state index contributed by atoms with van der Waals surface area (Å²) in [4.78, 5) is 23.2. The molecule has 0 aromatic heterocycles. The lowest BCUT2D eigenvalue weighted by Crippen LogP contribution is -2.44. The Morgan fingerprint density at radius 3 is 1.66 bits per heavy atom. The molecule has 38 heavy (non-hydrogen) atoms. The fraction of sp³-hybridized carbons (Fsp3) is 0.913. The van der Waals surface area contributed by atoms with Crippen LogP contribution in [0.15, 0.2) is 0 Å². The van der Waals surface area contributed by atoms with Crippen molar-refractivity contribution in [2.45, 2.75) is 113 Å². The second-order valence-corrected chi connectivity index (χ2v) is 9.40. The summed E-state index contributed by atoms with van der Waals surface area (Å²) >= 11 is 0. The molecule has 0 aromatic rings. The van der Waals surface area contributed by atoms with Crippen molar-refractivity contribution < 1.29 is 73.4 Å². The zero-order chi connectivity index (χ0) is 28.0. The average Bonchev–Trinajstić information content (AvgIpc) is 3.42. The van der Waals surface area contributed by atoms with E-state index in [0.717, 1.165) is 0 Å². The summed E-state index contributed by atoms with van der Waals surface area (Å²) in [6, 6.07) is 0. The number of carbonyl (C=O) groups is 2. The SMILES string of the molecule is CCCC(=O)OC[C@H]1O[C@H](OC[C@H]2O[C@H](O)[C@@H](O)[C@@H]2O[C@H]2O[C@H](COC(=O)CCC)[C@@H](O)[C@@H]2O)[C@@H](O)[C@@H]1O. The minimum atomic E-state index is -1.69. The van der Waals surface area contributed by atoms with Gasteiger partial charge in [-0.1, -0.05) is 13.8 Å². The zero-order valence-corrected chi connectivity index (χ0v) is 21.2. The van der Waals surface area contributed by atoms with Gasteiger partial charge in [0.25, 0.3) is 0 Å². The standard InChI is InChI=1S/C23H38O15/c1-3-5-13(24)32-7-10-15(26)17(28)22(36-10)34-9-12-20(19(30)21(31)35-12)38-23-18(29)16(27)11(37-23)8-33-14(25)6-4-2/h10-12,15-23,26-31H,3-9H2,1-2H3/t10-,11-,12-,15-,16-,17+,18+,19+,20-,21+,22+,23-/m1/s1. The van der Waals surface area contributed by atoms with Crippen LogP contribution < -0.4 is 0 Å². The third-order valence-electron chi connectivity index (χ3n) is 6.39. The van der Waals surface area contributed by atoms with Crippen molar-refractivity contribution in [3.8, 4) is 0 Å². The molecule has 15 nitrogen and oxygen atoms in total. The van der Waals surface area contributed by atoms with Crippen LogP contribution in [0.4, 0.5) is 0 Å². The fourth-order valence-corrected chi connectivity index (χ4v) is 4.22. The lowest BCUT2D eigenvalue weighted by atomic mass is 10.1. The largest absolute Gasteiger partial charge is 0.463 e. The predicted molar refractivity (Wildman–Crippen MR) is 121 cm³/mol. The van der Waals surface area contributed by atoms with E-state index < -0.39 is 92.4 Å². The number of esters is 2. The molecule has 3 aliphatic heterocycles. The van der Waals surface area contributed by atoms with Crippen molar-refractivity contribution in [1.29, 1.82) is 0 Å². The molecule has 0 amide bonds. The van der Waals surface area contributed by atoms with Gasteiger partial charge in [0.1, 0.15) is 68.1 Å². The third-order valence-corrected chi connectivity index (χ3v) is 6.39. The first kappa shape index (κ1) is 31.0. The van der Waals surface area contributed by atoms with E-state index in [0.29, 0.717) is 12.8 Å². The van der Waals surface area contributed by atoms with Crippen molar-refractivity contribution in [3.05, 3.63) is 0 Å². The highest BCUT2D eigenvalue weighted by Gasteiger charge is 2.51. The molecule has 3 aliphatic rings. The third kappa shape index (κ3) is 7.57. The van der Waals surface area contributed by atoms with Gasteiger partial charge >= 0.3 is 11.9 Å². The monoisotopic (exact) mass is 554 g/mol. The van der Waals surface area contributed by atoms with Gasteiger partial charge in [-0.25, -0.2) is 0 Å². The number of hydrogen-bond acceptors (Lipinski definition) is 15. The molecule has 6 N–H and O–H groups in total. The maximum Gasteiger partial charge on any atom is 0.305 e. The van der Waals surface area contributed by atoms with Crippen LogP contribution in [-0.4, -0.2) is 136 Å². The van der Waals surface area contributed by atoms with Crippen LogP contribution in [0.25, 0.3) is 0 Å². The van der Waals surface area contributed by atoms with Gasteiger partial charge < -0.3 is 63.8 Å². The van der Waals surface area contributed by atoms with Crippen LogP contribution in [0, 0.1) is 0 Å². The Morgan fingerprint density at radius 2 is 1.13 bits per heavy atom. The molecule has 0 aliphatic carbocycles.